The summed E-state index contributed by atoms with van der Waals surface area (Å²) in [5.41, 5.74) is 2.07. The monoisotopic (exact) mass is 418 g/mol. The van der Waals surface area contributed by atoms with Crippen molar-refractivity contribution in [3.63, 3.8) is 0 Å². The second-order valence-electron chi connectivity index (χ2n) is 6.71. The van der Waals surface area contributed by atoms with Crippen molar-refractivity contribution in [3.05, 3.63) is 100 Å². The highest BCUT2D eigenvalue weighted by atomic mass is 19.4. The van der Waals surface area contributed by atoms with Crippen LogP contribution in [0.25, 0.3) is 29.4 Å². The molecule has 154 valence electrons. The van der Waals surface area contributed by atoms with Crippen molar-refractivity contribution in [2.75, 3.05) is 0 Å². The Morgan fingerprint density at radius 2 is 1.27 bits per heavy atom. The zero-order chi connectivity index (χ0) is 21.9. The zero-order valence-corrected chi connectivity index (χ0v) is 15.8. The van der Waals surface area contributed by atoms with Crippen LogP contribution in [0.1, 0.15) is 22.3 Å². The summed E-state index contributed by atoms with van der Waals surface area (Å²) in [5.74, 6) is -2.81. The van der Waals surface area contributed by atoms with Gasteiger partial charge in [-0.2, -0.15) is 13.2 Å². The molecule has 0 aliphatic rings. The van der Waals surface area contributed by atoms with E-state index in [1.807, 2.05) is 31.2 Å². The minimum atomic E-state index is -4.68. The summed E-state index contributed by atoms with van der Waals surface area (Å²) in [6.45, 7) is 1.95. The molecule has 0 amide bonds. The van der Waals surface area contributed by atoms with Crippen LogP contribution in [0.4, 0.5) is 26.3 Å². The summed E-state index contributed by atoms with van der Waals surface area (Å²) in [6.07, 6.45) is -1.96. The van der Waals surface area contributed by atoms with Gasteiger partial charge in [0.15, 0.2) is 0 Å². The van der Waals surface area contributed by atoms with Crippen LogP contribution in [-0.2, 0) is 0 Å². The Balaban J connectivity index is 1.83. The molecule has 0 atom stereocenters. The topological polar surface area (TPSA) is 0 Å². The van der Waals surface area contributed by atoms with Crippen molar-refractivity contribution < 1.29 is 26.3 Å². The lowest BCUT2D eigenvalue weighted by molar-refractivity contribution is -0.0790. The molecule has 0 aliphatic carbocycles. The van der Waals surface area contributed by atoms with Gasteiger partial charge in [0.1, 0.15) is 17.5 Å². The molecular formula is C24H16F6. The van der Waals surface area contributed by atoms with Gasteiger partial charge in [0.2, 0.25) is 0 Å². The van der Waals surface area contributed by atoms with E-state index < -0.39 is 29.2 Å². The molecule has 0 unspecified atom stereocenters. The molecule has 6 heteroatoms. The number of hydrogen-bond donors (Lipinski definition) is 0. The van der Waals surface area contributed by atoms with Gasteiger partial charge in [-0.15, -0.1) is 0 Å². The summed E-state index contributed by atoms with van der Waals surface area (Å²) in [6, 6.07) is 14.0. The Hall–Kier alpha value is -3.28. The summed E-state index contributed by atoms with van der Waals surface area (Å²) >= 11 is 0. The van der Waals surface area contributed by atoms with Gasteiger partial charge in [-0.25, -0.2) is 13.2 Å². The Labute approximate surface area is 169 Å². The lowest BCUT2D eigenvalue weighted by Crippen LogP contribution is -2.01. The van der Waals surface area contributed by atoms with E-state index in [-0.39, 0.29) is 17.2 Å². The van der Waals surface area contributed by atoms with Crippen LogP contribution < -0.4 is 0 Å². The van der Waals surface area contributed by atoms with E-state index in [4.69, 9.17) is 0 Å². The fraction of sp³-hybridized carbons (Fsp3) is 0.0833. The highest BCUT2D eigenvalue weighted by Crippen LogP contribution is 2.25. The first kappa shape index (κ1) is 21.4. The van der Waals surface area contributed by atoms with E-state index in [1.54, 1.807) is 6.07 Å². The van der Waals surface area contributed by atoms with Crippen molar-refractivity contribution >= 4 is 18.2 Å². The number of aryl methyl sites for hydroxylation is 1. The summed E-state index contributed by atoms with van der Waals surface area (Å²) in [4.78, 5) is 0. The van der Waals surface area contributed by atoms with E-state index >= 15 is 0 Å². The molecule has 0 fully saturated rings. The maximum absolute atomic E-state index is 14.4. The molecule has 0 saturated carbocycles. The minimum Gasteiger partial charge on any atom is -0.206 e. The number of rotatable bonds is 4. The van der Waals surface area contributed by atoms with Crippen LogP contribution in [0.5, 0.6) is 0 Å². The van der Waals surface area contributed by atoms with Crippen LogP contribution >= 0.6 is 0 Å². The SMILES string of the molecule is Cc1ccc(-c2ccc(/C=C/c3cc(F)c(/C=C/C(F)(F)F)c(F)c3)c(F)c2)cc1. The highest BCUT2D eigenvalue weighted by Gasteiger charge is 2.22. The van der Waals surface area contributed by atoms with Gasteiger partial charge in [0.05, 0.1) is 0 Å². The van der Waals surface area contributed by atoms with Gasteiger partial charge in [-0.1, -0.05) is 54.1 Å². The minimum absolute atomic E-state index is 0.0520. The second-order valence-corrected chi connectivity index (χ2v) is 6.71. The van der Waals surface area contributed by atoms with E-state index in [9.17, 15) is 26.3 Å². The molecule has 0 radical (unpaired) electrons. The normalized spacial score (nSPS) is 12.2. The van der Waals surface area contributed by atoms with E-state index in [0.717, 1.165) is 23.3 Å². The standard InChI is InChI=1S/C24H16F6/c1-15-2-5-17(6-3-15)19-9-8-18(21(25)14-19)7-4-16-12-22(26)20(23(27)13-16)10-11-24(28,29)30/h2-14H,1H3/b7-4+,11-10+. The lowest BCUT2D eigenvalue weighted by Gasteiger charge is -2.05. The Morgan fingerprint density at radius 1 is 0.667 bits per heavy atom. The van der Waals surface area contributed by atoms with Crippen LogP contribution in [0.2, 0.25) is 0 Å². The van der Waals surface area contributed by atoms with Gasteiger partial charge in [-0.3, -0.25) is 0 Å². The predicted molar refractivity (Wildman–Crippen MR) is 107 cm³/mol. The summed E-state index contributed by atoms with van der Waals surface area (Å²) < 4.78 is 79.0. The number of hydrogen-bond acceptors (Lipinski definition) is 0. The fourth-order valence-corrected chi connectivity index (χ4v) is 2.81. The first-order valence-electron chi connectivity index (χ1n) is 8.92. The Kier molecular flexibility index (Phi) is 6.15. The quantitative estimate of drug-likeness (QED) is 0.299. The number of allylic oxidation sites excluding steroid dienone is 1. The van der Waals surface area contributed by atoms with Crippen LogP contribution in [0.3, 0.4) is 0 Å². The molecule has 0 heterocycles. The first-order chi connectivity index (χ1) is 14.1. The van der Waals surface area contributed by atoms with Crippen molar-refractivity contribution in [1.29, 1.82) is 0 Å². The molecule has 0 N–H and O–H groups in total. The highest BCUT2D eigenvalue weighted by molar-refractivity contribution is 5.73. The zero-order valence-electron chi connectivity index (χ0n) is 15.8. The molecule has 0 spiro atoms. The molecule has 0 bridgehead atoms. The molecule has 0 saturated heterocycles. The van der Waals surface area contributed by atoms with Crippen LogP contribution in [0, 0.1) is 24.4 Å². The van der Waals surface area contributed by atoms with E-state index in [2.05, 4.69) is 0 Å². The first-order valence-corrected chi connectivity index (χ1v) is 8.92. The predicted octanol–water partition coefficient (Wildman–Crippen LogP) is 7.83. The van der Waals surface area contributed by atoms with Crippen molar-refractivity contribution in [2.45, 2.75) is 13.1 Å². The number of halogens is 6. The maximum atomic E-state index is 14.4. The molecule has 0 aliphatic heterocycles. The average molecular weight is 418 g/mol. The maximum Gasteiger partial charge on any atom is 0.409 e. The van der Waals surface area contributed by atoms with E-state index in [0.29, 0.717) is 11.6 Å². The third-order valence-corrected chi connectivity index (χ3v) is 4.38. The summed E-state index contributed by atoms with van der Waals surface area (Å²) in [7, 11) is 0. The van der Waals surface area contributed by atoms with Gasteiger partial charge < -0.3 is 0 Å². The largest absolute Gasteiger partial charge is 0.409 e. The molecular weight excluding hydrogens is 402 g/mol. The molecule has 30 heavy (non-hydrogen) atoms. The molecule has 0 aromatic heterocycles. The van der Waals surface area contributed by atoms with Gasteiger partial charge in [-0.05, 0) is 47.9 Å². The fourth-order valence-electron chi connectivity index (χ4n) is 2.81. The molecule has 0 nitrogen and oxygen atoms in total. The van der Waals surface area contributed by atoms with Crippen LogP contribution in [-0.4, -0.2) is 6.18 Å². The Morgan fingerprint density at radius 3 is 1.83 bits per heavy atom. The van der Waals surface area contributed by atoms with Crippen molar-refractivity contribution in [3.8, 4) is 11.1 Å². The number of benzene rings is 3. The van der Waals surface area contributed by atoms with Crippen molar-refractivity contribution in [1.82, 2.24) is 0 Å². The van der Waals surface area contributed by atoms with Gasteiger partial charge in [0.25, 0.3) is 0 Å². The average Bonchev–Trinajstić information content (AvgIpc) is 2.66. The third-order valence-electron chi connectivity index (χ3n) is 4.38. The summed E-state index contributed by atoms with van der Waals surface area (Å²) in [5, 5.41) is 0. The Bertz CT molecular complexity index is 1080. The van der Waals surface area contributed by atoms with E-state index in [1.165, 1.54) is 24.3 Å². The lowest BCUT2D eigenvalue weighted by atomic mass is 10.0. The molecule has 3 aromatic rings. The van der Waals surface area contributed by atoms with Gasteiger partial charge in [0, 0.05) is 17.2 Å². The smallest absolute Gasteiger partial charge is 0.206 e. The van der Waals surface area contributed by atoms with Crippen molar-refractivity contribution in [2.24, 2.45) is 0 Å². The van der Waals surface area contributed by atoms with Gasteiger partial charge >= 0.3 is 6.18 Å². The number of alkyl halides is 3. The second kappa shape index (κ2) is 8.61. The van der Waals surface area contributed by atoms with Crippen LogP contribution in [0.15, 0.2) is 60.7 Å². The third kappa shape index (κ3) is 5.41. The molecule has 3 aromatic carbocycles. The molecule has 3 rings (SSSR count).